The number of halogens is 1. The van der Waals surface area contributed by atoms with E-state index >= 15 is 0 Å². The van der Waals surface area contributed by atoms with Crippen LogP contribution in [-0.4, -0.2) is 36.3 Å². The number of hydrogen-bond donors (Lipinski definition) is 0. The molecule has 3 nitrogen and oxygen atoms in total. The van der Waals surface area contributed by atoms with Crippen molar-refractivity contribution >= 4 is 30.1 Å². The SMILES string of the molecule is CCN(CC)CCSC1OC(=O)c2ccccc21.Cl. The largest absolute Gasteiger partial charge is 0.443 e. The van der Waals surface area contributed by atoms with Gasteiger partial charge in [0.25, 0.3) is 0 Å². The lowest BCUT2D eigenvalue weighted by atomic mass is 10.1. The highest BCUT2D eigenvalue weighted by molar-refractivity contribution is 7.99. The molecule has 0 aliphatic carbocycles. The first-order chi connectivity index (χ1) is 8.76. The topological polar surface area (TPSA) is 29.5 Å². The van der Waals surface area contributed by atoms with E-state index in [1.165, 1.54) is 0 Å². The third-order valence-electron chi connectivity index (χ3n) is 3.22. The fourth-order valence-corrected chi connectivity index (χ4v) is 3.18. The van der Waals surface area contributed by atoms with Crippen LogP contribution in [0, 0.1) is 0 Å². The van der Waals surface area contributed by atoms with E-state index in [1.54, 1.807) is 11.8 Å². The third kappa shape index (κ3) is 3.88. The summed E-state index contributed by atoms with van der Waals surface area (Å²) in [5, 5.41) is 0. The molecule has 0 saturated heterocycles. The predicted octanol–water partition coefficient (Wildman–Crippen LogP) is 3.35. The summed E-state index contributed by atoms with van der Waals surface area (Å²) >= 11 is 1.70. The van der Waals surface area contributed by atoms with Gasteiger partial charge in [0.15, 0.2) is 5.44 Å². The first-order valence-corrected chi connectivity index (χ1v) is 7.45. The van der Waals surface area contributed by atoms with Crippen LogP contribution in [0.15, 0.2) is 24.3 Å². The van der Waals surface area contributed by atoms with Crippen LogP contribution >= 0.6 is 24.2 Å². The molecule has 0 amide bonds. The van der Waals surface area contributed by atoms with E-state index in [4.69, 9.17) is 4.74 Å². The van der Waals surface area contributed by atoms with Gasteiger partial charge < -0.3 is 9.64 Å². The number of benzene rings is 1. The number of cyclic esters (lactones) is 1. The summed E-state index contributed by atoms with van der Waals surface area (Å²) in [4.78, 5) is 14.0. The minimum Gasteiger partial charge on any atom is -0.443 e. The van der Waals surface area contributed by atoms with Crippen molar-refractivity contribution < 1.29 is 9.53 Å². The molecule has 1 aromatic carbocycles. The Balaban J connectivity index is 0.00000180. The molecule has 0 fully saturated rings. The Morgan fingerprint density at radius 2 is 1.95 bits per heavy atom. The van der Waals surface area contributed by atoms with Crippen molar-refractivity contribution in [3.8, 4) is 0 Å². The minimum atomic E-state index is -0.189. The lowest BCUT2D eigenvalue weighted by Crippen LogP contribution is -2.25. The maximum absolute atomic E-state index is 11.6. The average Bonchev–Trinajstić information content (AvgIpc) is 2.72. The third-order valence-corrected chi connectivity index (χ3v) is 4.29. The Labute approximate surface area is 125 Å². The van der Waals surface area contributed by atoms with E-state index in [9.17, 15) is 4.79 Å². The zero-order chi connectivity index (χ0) is 13.0. The fourth-order valence-electron chi connectivity index (χ4n) is 2.07. The van der Waals surface area contributed by atoms with E-state index in [1.807, 2.05) is 24.3 Å². The summed E-state index contributed by atoms with van der Waals surface area (Å²) in [5.74, 6) is 0.791. The average molecular weight is 302 g/mol. The van der Waals surface area contributed by atoms with Crippen molar-refractivity contribution in [2.45, 2.75) is 19.3 Å². The van der Waals surface area contributed by atoms with Crippen molar-refractivity contribution in [3.05, 3.63) is 35.4 Å². The van der Waals surface area contributed by atoms with Crippen molar-refractivity contribution in [1.29, 1.82) is 0 Å². The smallest absolute Gasteiger partial charge is 0.340 e. The quantitative estimate of drug-likeness (QED) is 0.754. The summed E-state index contributed by atoms with van der Waals surface area (Å²) in [6.07, 6.45) is 0. The number of fused-ring (bicyclic) bond motifs is 1. The van der Waals surface area contributed by atoms with Gasteiger partial charge in [-0.25, -0.2) is 4.79 Å². The fraction of sp³-hybridized carbons (Fsp3) is 0.500. The number of carbonyl (C=O) groups is 1. The van der Waals surface area contributed by atoms with Gasteiger partial charge in [-0.15, -0.1) is 24.2 Å². The molecule has 19 heavy (non-hydrogen) atoms. The van der Waals surface area contributed by atoms with E-state index in [0.717, 1.165) is 36.5 Å². The molecule has 1 aliphatic rings. The second kappa shape index (κ2) is 7.78. The molecule has 0 saturated carbocycles. The van der Waals surface area contributed by atoms with E-state index in [-0.39, 0.29) is 23.8 Å². The first kappa shape index (κ1) is 16.3. The predicted molar refractivity (Wildman–Crippen MR) is 82.1 cm³/mol. The van der Waals surface area contributed by atoms with Crippen LogP contribution < -0.4 is 0 Å². The van der Waals surface area contributed by atoms with Gasteiger partial charge in [0.2, 0.25) is 0 Å². The van der Waals surface area contributed by atoms with Gasteiger partial charge in [-0.3, -0.25) is 0 Å². The van der Waals surface area contributed by atoms with Crippen molar-refractivity contribution in [2.24, 2.45) is 0 Å². The standard InChI is InChI=1S/C14H19NO2S.ClH/c1-3-15(4-2)9-10-18-14-12-8-6-5-7-11(12)13(16)17-14;/h5-8,14H,3-4,9-10H2,1-2H3;1H. The Bertz CT molecular complexity index is 424. The van der Waals surface area contributed by atoms with Crippen LogP contribution in [0.1, 0.15) is 35.2 Å². The van der Waals surface area contributed by atoms with Crippen LogP contribution in [0.25, 0.3) is 0 Å². The van der Waals surface area contributed by atoms with E-state index < -0.39 is 0 Å². The maximum Gasteiger partial charge on any atom is 0.340 e. The summed E-state index contributed by atoms with van der Waals surface area (Å²) in [6, 6.07) is 7.65. The molecule has 0 spiro atoms. The molecule has 106 valence electrons. The zero-order valence-corrected chi connectivity index (χ0v) is 12.9. The summed E-state index contributed by atoms with van der Waals surface area (Å²) in [6.45, 7) is 7.50. The van der Waals surface area contributed by atoms with Crippen LogP contribution in [0.2, 0.25) is 0 Å². The van der Waals surface area contributed by atoms with Gasteiger partial charge in [0.1, 0.15) is 0 Å². The number of carbonyl (C=O) groups excluding carboxylic acids is 1. The molecule has 0 radical (unpaired) electrons. The lowest BCUT2D eigenvalue weighted by Gasteiger charge is -2.18. The molecule has 1 aliphatic heterocycles. The number of thioether (sulfide) groups is 1. The number of esters is 1. The van der Waals surface area contributed by atoms with Gasteiger partial charge in [-0.05, 0) is 19.2 Å². The van der Waals surface area contributed by atoms with Gasteiger partial charge >= 0.3 is 5.97 Å². The Kier molecular flexibility index (Phi) is 6.69. The van der Waals surface area contributed by atoms with Crippen LogP contribution in [0.4, 0.5) is 0 Å². The normalized spacial score (nSPS) is 17.0. The Morgan fingerprint density at radius 3 is 2.63 bits per heavy atom. The van der Waals surface area contributed by atoms with Crippen LogP contribution in [0.3, 0.4) is 0 Å². The van der Waals surface area contributed by atoms with Gasteiger partial charge in [0.05, 0.1) is 5.56 Å². The molecule has 1 unspecified atom stereocenters. The molecule has 1 aromatic rings. The van der Waals surface area contributed by atoms with Crippen molar-refractivity contribution in [3.63, 3.8) is 0 Å². The maximum atomic E-state index is 11.6. The van der Waals surface area contributed by atoms with Crippen LogP contribution in [0.5, 0.6) is 0 Å². The molecular weight excluding hydrogens is 282 g/mol. The number of nitrogens with zero attached hydrogens (tertiary/aromatic N) is 1. The molecule has 2 rings (SSSR count). The molecular formula is C14H20ClNO2S. The lowest BCUT2D eigenvalue weighted by molar-refractivity contribution is 0.0522. The Morgan fingerprint density at radius 1 is 1.26 bits per heavy atom. The zero-order valence-electron chi connectivity index (χ0n) is 11.3. The van der Waals surface area contributed by atoms with E-state index in [0.29, 0.717) is 0 Å². The minimum absolute atomic E-state index is 0. The van der Waals surface area contributed by atoms with Crippen molar-refractivity contribution in [2.75, 3.05) is 25.4 Å². The van der Waals surface area contributed by atoms with Crippen molar-refractivity contribution in [1.82, 2.24) is 4.90 Å². The van der Waals surface area contributed by atoms with E-state index in [2.05, 4.69) is 18.7 Å². The molecule has 0 aromatic heterocycles. The summed E-state index contributed by atoms with van der Waals surface area (Å²) < 4.78 is 5.39. The highest BCUT2D eigenvalue weighted by Gasteiger charge is 2.30. The first-order valence-electron chi connectivity index (χ1n) is 6.40. The van der Waals surface area contributed by atoms with Gasteiger partial charge in [-0.2, -0.15) is 0 Å². The number of hydrogen-bond acceptors (Lipinski definition) is 4. The molecule has 0 bridgehead atoms. The molecule has 1 atom stereocenters. The van der Waals surface area contributed by atoms with Gasteiger partial charge in [0, 0.05) is 17.9 Å². The Hall–Kier alpha value is -0.710. The number of rotatable bonds is 6. The van der Waals surface area contributed by atoms with Crippen LogP contribution in [-0.2, 0) is 4.74 Å². The molecule has 0 N–H and O–H groups in total. The second-order valence-electron chi connectivity index (χ2n) is 4.22. The summed E-state index contributed by atoms with van der Waals surface area (Å²) in [5.41, 5.74) is 1.62. The molecule has 5 heteroatoms. The highest BCUT2D eigenvalue weighted by atomic mass is 35.5. The second-order valence-corrected chi connectivity index (χ2v) is 5.39. The number of ether oxygens (including phenoxy) is 1. The highest BCUT2D eigenvalue weighted by Crippen LogP contribution is 2.38. The van der Waals surface area contributed by atoms with Gasteiger partial charge in [-0.1, -0.05) is 32.0 Å². The monoisotopic (exact) mass is 301 g/mol. The molecule has 1 heterocycles. The summed E-state index contributed by atoms with van der Waals surface area (Å²) in [7, 11) is 0.